The SMILES string of the molecule is CC1CN(Cc2csc(COc3ccccc3)n2)CCN1. The summed E-state index contributed by atoms with van der Waals surface area (Å²) in [5.41, 5.74) is 1.15. The molecular formula is C16H21N3OS. The van der Waals surface area contributed by atoms with Crippen LogP contribution in [-0.4, -0.2) is 35.6 Å². The summed E-state index contributed by atoms with van der Waals surface area (Å²) in [6.45, 7) is 6.97. The zero-order valence-electron chi connectivity index (χ0n) is 12.3. The number of hydrogen-bond acceptors (Lipinski definition) is 5. The maximum Gasteiger partial charge on any atom is 0.140 e. The van der Waals surface area contributed by atoms with Gasteiger partial charge in [-0.2, -0.15) is 0 Å². The first-order valence-electron chi connectivity index (χ1n) is 7.36. The van der Waals surface area contributed by atoms with Crippen LogP contribution in [0.3, 0.4) is 0 Å². The van der Waals surface area contributed by atoms with Crippen molar-refractivity contribution in [2.45, 2.75) is 26.1 Å². The van der Waals surface area contributed by atoms with Gasteiger partial charge in [0, 0.05) is 37.6 Å². The van der Waals surface area contributed by atoms with Gasteiger partial charge in [0.2, 0.25) is 0 Å². The lowest BCUT2D eigenvalue weighted by molar-refractivity contribution is 0.197. The molecule has 2 heterocycles. The summed E-state index contributed by atoms with van der Waals surface area (Å²) in [5.74, 6) is 0.894. The predicted molar refractivity (Wildman–Crippen MR) is 85.6 cm³/mol. The third-order valence-corrected chi connectivity index (χ3v) is 4.41. The molecule has 1 aromatic heterocycles. The quantitative estimate of drug-likeness (QED) is 0.921. The van der Waals surface area contributed by atoms with Crippen molar-refractivity contribution in [3.8, 4) is 5.75 Å². The summed E-state index contributed by atoms with van der Waals surface area (Å²) in [6, 6.07) is 10.5. The predicted octanol–water partition coefficient (Wildman–Crippen LogP) is 2.52. The average Bonchev–Trinajstić information content (AvgIpc) is 2.94. The lowest BCUT2D eigenvalue weighted by Gasteiger charge is -2.31. The van der Waals surface area contributed by atoms with Crippen LogP contribution in [0, 0.1) is 0 Å². The number of nitrogens with zero attached hydrogens (tertiary/aromatic N) is 2. The van der Waals surface area contributed by atoms with Gasteiger partial charge in [-0.05, 0) is 19.1 Å². The number of aromatic nitrogens is 1. The van der Waals surface area contributed by atoms with Crippen molar-refractivity contribution < 1.29 is 4.74 Å². The highest BCUT2D eigenvalue weighted by Crippen LogP contribution is 2.16. The maximum absolute atomic E-state index is 5.74. The Morgan fingerprint density at radius 2 is 2.24 bits per heavy atom. The minimum Gasteiger partial charge on any atom is -0.486 e. The molecule has 0 saturated carbocycles. The second-order valence-corrected chi connectivity index (χ2v) is 6.37. The third-order valence-electron chi connectivity index (χ3n) is 3.54. The Morgan fingerprint density at radius 1 is 1.38 bits per heavy atom. The minimum atomic E-state index is 0.548. The van der Waals surface area contributed by atoms with Gasteiger partial charge in [0.05, 0.1) is 5.69 Å². The molecule has 0 spiro atoms. The van der Waals surface area contributed by atoms with E-state index in [1.807, 2.05) is 30.3 Å². The second kappa shape index (κ2) is 7.02. The van der Waals surface area contributed by atoms with Gasteiger partial charge in [0.25, 0.3) is 0 Å². The second-order valence-electron chi connectivity index (χ2n) is 5.42. The lowest BCUT2D eigenvalue weighted by Crippen LogP contribution is -2.48. The number of rotatable bonds is 5. The van der Waals surface area contributed by atoms with E-state index in [0.717, 1.165) is 42.6 Å². The van der Waals surface area contributed by atoms with E-state index in [0.29, 0.717) is 12.6 Å². The molecule has 3 rings (SSSR count). The van der Waals surface area contributed by atoms with E-state index in [-0.39, 0.29) is 0 Å². The van der Waals surface area contributed by atoms with Crippen molar-refractivity contribution in [2.75, 3.05) is 19.6 Å². The summed E-state index contributed by atoms with van der Waals surface area (Å²) < 4.78 is 5.74. The monoisotopic (exact) mass is 303 g/mol. The zero-order valence-corrected chi connectivity index (χ0v) is 13.1. The summed E-state index contributed by atoms with van der Waals surface area (Å²) in [4.78, 5) is 7.13. The summed E-state index contributed by atoms with van der Waals surface area (Å²) in [6.07, 6.45) is 0. The van der Waals surface area contributed by atoms with E-state index in [9.17, 15) is 0 Å². The minimum absolute atomic E-state index is 0.548. The van der Waals surface area contributed by atoms with Crippen LogP contribution in [-0.2, 0) is 13.2 Å². The summed E-state index contributed by atoms with van der Waals surface area (Å²) in [7, 11) is 0. The van der Waals surface area contributed by atoms with Crippen molar-refractivity contribution in [3.63, 3.8) is 0 Å². The van der Waals surface area contributed by atoms with Gasteiger partial charge in [-0.1, -0.05) is 18.2 Å². The lowest BCUT2D eigenvalue weighted by atomic mass is 10.2. The Hall–Kier alpha value is -1.43. The first-order valence-corrected chi connectivity index (χ1v) is 8.24. The largest absolute Gasteiger partial charge is 0.486 e. The first kappa shape index (κ1) is 14.5. The molecule has 1 unspecified atom stereocenters. The number of thiazole rings is 1. The summed E-state index contributed by atoms with van der Waals surface area (Å²) >= 11 is 1.68. The van der Waals surface area contributed by atoms with Crippen LogP contribution < -0.4 is 10.1 Å². The van der Waals surface area contributed by atoms with E-state index in [4.69, 9.17) is 4.74 Å². The molecule has 2 aromatic rings. The molecule has 112 valence electrons. The van der Waals surface area contributed by atoms with Crippen molar-refractivity contribution in [1.29, 1.82) is 0 Å². The number of ether oxygens (including phenoxy) is 1. The van der Waals surface area contributed by atoms with E-state index in [1.165, 1.54) is 0 Å². The molecule has 1 saturated heterocycles. The van der Waals surface area contributed by atoms with Crippen molar-refractivity contribution in [3.05, 3.63) is 46.4 Å². The van der Waals surface area contributed by atoms with Crippen molar-refractivity contribution in [1.82, 2.24) is 15.2 Å². The molecule has 5 heteroatoms. The van der Waals surface area contributed by atoms with Gasteiger partial charge in [-0.3, -0.25) is 4.90 Å². The van der Waals surface area contributed by atoms with Crippen LogP contribution in [0.4, 0.5) is 0 Å². The van der Waals surface area contributed by atoms with Crippen LogP contribution in [0.1, 0.15) is 17.6 Å². The zero-order chi connectivity index (χ0) is 14.5. The summed E-state index contributed by atoms with van der Waals surface area (Å²) in [5, 5.41) is 6.65. The number of piperazine rings is 1. The fourth-order valence-corrected chi connectivity index (χ4v) is 3.23. The molecule has 4 nitrogen and oxygen atoms in total. The highest BCUT2D eigenvalue weighted by Gasteiger charge is 2.16. The molecule has 1 N–H and O–H groups in total. The molecule has 1 aromatic carbocycles. The maximum atomic E-state index is 5.74. The van der Waals surface area contributed by atoms with Crippen LogP contribution >= 0.6 is 11.3 Å². The highest BCUT2D eigenvalue weighted by atomic mass is 32.1. The first-order chi connectivity index (χ1) is 10.3. The number of hydrogen-bond donors (Lipinski definition) is 1. The van der Waals surface area contributed by atoms with Crippen LogP contribution in [0.15, 0.2) is 35.7 Å². The fourth-order valence-electron chi connectivity index (χ4n) is 2.53. The van der Waals surface area contributed by atoms with Gasteiger partial charge in [0.15, 0.2) is 0 Å². The van der Waals surface area contributed by atoms with Crippen molar-refractivity contribution in [2.24, 2.45) is 0 Å². The van der Waals surface area contributed by atoms with Gasteiger partial charge >= 0.3 is 0 Å². The number of para-hydroxylation sites is 1. The van der Waals surface area contributed by atoms with Crippen LogP contribution in [0.25, 0.3) is 0 Å². The molecule has 0 aliphatic carbocycles. The molecule has 1 fully saturated rings. The number of nitrogens with one attached hydrogen (secondary N) is 1. The molecule has 0 bridgehead atoms. The normalized spacial score (nSPS) is 19.6. The highest BCUT2D eigenvalue weighted by molar-refractivity contribution is 7.09. The third kappa shape index (κ3) is 4.27. The Balaban J connectivity index is 1.51. The van der Waals surface area contributed by atoms with Gasteiger partial charge in [-0.15, -0.1) is 11.3 Å². The van der Waals surface area contributed by atoms with E-state index in [2.05, 4.69) is 27.5 Å². The van der Waals surface area contributed by atoms with E-state index in [1.54, 1.807) is 11.3 Å². The Kier molecular flexibility index (Phi) is 4.85. The molecule has 1 atom stereocenters. The van der Waals surface area contributed by atoms with E-state index >= 15 is 0 Å². The average molecular weight is 303 g/mol. The fraction of sp³-hybridized carbons (Fsp3) is 0.438. The van der Waals surface area contributed by atoms with Gasteiger partial charge < -0.3 is 10.1 Å². The topological polar surface area (TPSA) is 37.4 Å². The molecule has 0 amide bonds. The Bertz CT molecular complexity index is 558. The number of benzene rings is 1. The van der Waals surface area contributed by atoms with Gasteiger partial charge in [0.1, 0.15) is 17.4 Å². The molecule has 0 radical (unpaired) electrons. The Labute approximate surface area is 129 Å². The molecule has 21 heavy (non-hydrogen) atoms. The van der Waals surface area contributed by atoms with E-state index < -0.39 is 0 Å². The smallest absolute Gasteiger partial charge is 0.140 e. The Morgan fingerprint density at radius 3 is 3.05 bits per heavy atom. The van der Waals surface area contributed by atoms with Crippen molar-refractivity contribution >= 4 is 11.3 Å². The van der Waals surface area contributed by atoms with Crippen LogP contribution in [0.2, 0.25) is 0 Å². The molecule has 1 aliphatic rings. The van der Waals surface area contributed by atoms with Crippen LogP contribution in [0.5, 0.6) is 5.75 Å². The molecule has 1 aliphatic heterocycles. The standard InChI is InChI=1S/C16H21N3OS/c1-13-9-19(8-7-17-13)10-14-12-21-16(18-14)11-20-15-5-3-2-4-6-15/h2-6,12-13,17H,7-11H2,1H3. The van der Waals surface area contributed by atoms with Gasteiger partial charge in [-0.25, -0.2) is 4.98 Å². The molecular weight excluding hydrogens is 282 g/mol.